The summed E-state index contributed by atoms with van der Waals surface area (Å²) in [6, 6.07) is 3.08. The van der Waals surface area contributed by atoms with Crippen LogP contribution in [-0.2, 0) is 0 Å². The van der Waals surface area contributed by atoms with Gasteiger partial charge in [0.15, 0.2) is 5.15 Å². The number of pyridine rings is 2. The monoisotopic (exact) mass is 366 g/mol. The molecule has 0 spiro atoms. The molecule has 1 fully saturated rings. The van der Waals surface area contributed by atoms with E-state index in [0.29, 0.717) is 11.3 Å². The molecule has 6 N–H and O–H groups in total. The zero-order chi connectivity index (χ0) is 18.4. The summed E-state index contributed by atoms with van der Waals surface area (Å²) in [6.07, 6.45) is 2.86. The van der Waals surface area contributed by atoms with Crippen molar-refractivity contribution in [1.29, 1.82) is 0 Å². The molecule has 2 heterocycles. The molecular formula is C15H15ClN4O5. The molecule has 1 aliphatic carbocycles. The highest BCUT2D eigenvalue weighted by molar-refractivity contribution is 6.33. The Morgan fingerprint density at radius 2 is 1.84 bits per heavy atom. The molecule has 1 aliphatic rings. The number of carbonyl (C=O) groups excluding carboxylic acids is 1. The van der Waals surface area contributed by atoms with Crippen LogP contribution in [0.25, 0.3) is 0 Å². The standard InChI is InChI=1S/C15H15ClN4O5/c1-7-4-6-17-10(16)9(7)19-12(21)8-3-2-5-18-11(8)20-13-14(22,23)15(13,24)25/h2-6,13,22-25H,1H3,(H,18,20)(H,19,21). The van der Waals surface area contributed by atoms with E-state index in [1.54, 1.807) is 13.0 Å². The van der Waals surface area contributed by atoms with Crippen molar-refractivity contribution in [2.45, 2.75) is 24.5 Å². The fourth-order valence-electron chi connectivity index (χ4n) is 2.31. The van der Waals surface area contributed by atoms with Crippen LogP contribution in [0.15, 0.2) is 30.6 Å². The minimum absolute atomic E-state index is 0.0420. The maximum Gasteiger partial charge on any atom is 0.259 e. The topological polar surface area (TPSA) is 148 Å². The first-order chi connectivity index (χ1) is 11.7. The van der Waals surface area contributed by atoms with Crippen molar-refractivity contribution < 1.29 is 25.2 Å². The lowest BCUT2D eigenvalue weighted by Crippen LogP contribution is -2.23. The fraction of sp³-hybridized carbons (Fsp3) is 0.267. The minimum atomic E-state index is -2.75. The van der Waals surface area contributed by atoms with Gasteiger partial charge in [0.1, 0.15) is 11.9 Å². The van der Waals surface area contributed by atoms with E-state index in [9.17, 15) is 25.2 Å². The third-order valence-electron chi connectivity index (χ3n) is 3.95. The number of amides is 1. The number of aryl methyl sites for hydroxylation is 1. The van der Waals surface area contributed by atoms with E-state index in [1.165, 1.54) is 24.5 Å². The third-order valence-corrected chi connectivity index (χ3v) is 4.23. The Morgan fingerprint density at radius 1 is 1.16 bits per heavy atom. The van der Waals surface area contributed by atoms with Crippen LogP contribution in [0.4, 0.5) is 11.5 Å². The normalized spacial score (nSPS) is 17.8. The molecule has 0 saturated heterocycles. The number of aliphatic hydroxyl groups is 4. The summed E-state index contributed by atoms with van der Waals surface area (Å²) >= 11 is 5.98. The van der Waals surface area contributed by atoms with Crippen LogP contribution in [0.5, 0.6) is 0 Å². The Labute approximate surface area is 146 Å². The van der Waals surface area contributed by atoms with Crippen LogP contribution >= 0.6 is 11.6 Å². The molecule has 0 unspecified atom stereocenters. The van der Waals surface area contributed by atoms with Crippen LogP contribution in [0.3, 0.4) is 0 Å². The first-order valence-corrected chi connectivity index (χ1v) is 7.57. The first kappa shape index (κ1) is 17.5. The summed E-state index contributed by atoms with van der Waals surface area (Å²) in [7, 11) is 0. The summed E-state index contributed by atoms with van der Waals surface area (Å²) in [5, 5.41) is 43.0. The molecule has 1 amide bonds. The Morgan fingerprint density at radius 3 is 2.44 bits per heavy atom. The molecule has 1 saturated carbocycles. The van der Waals surface area contributed by atoms with Gasteiger partial charge in [-0.05, 0) is 30.7 Å². The molecule has 25 heavy (non-hydrogen) atoms. The van der Waals surface area contributed by atoms with Gasteiger partial charge in [-0.25, -0.2) is 9.97 Å². The summed E-state index contributed by atoms with van der Waals surface area (Å²) in [5.41, 5.74) is 1.07. The van der Waals surface area contributed by atoms with Gasteiger partial charge in [-0.2, -0.15) is 0 Å². The average Bonchev–Trinajstić information content (AvgIpc) is 2.93. The Balaban J connectivity index is 1.85. The highest BCUT2D eigenvalue weighted by Gasteiger charge is 2.78. The number of nitrogens with zero attached hydrogens (tertiary/aromatic N) is 2. The Kier molecular flexibility index (Phi) is 4.13. The largest absolute Gasteiger partial charge is 0.360 e. The summed E-state index contributed by atoms with van der Waals surface area (Å²) in [5.74, 6) is -6.14. The van der Waals surface area contributed by atoms with Crippen molar-refractivity contribution in [1.82, 2.24) is 9.97 Å². The van der Waals surface area contributed by atoms with Crippen molar-refractivity contribution in [3.05, 3.63) is 46.9 Å². The minimum Gasteiger partial charge on any atom is -0.360 e. The van der Waals surface area contributed by atoms with Crippen LogP contribution in [-0.4, -0.2) is 53.9 Å². The number of aromatic nitrogens is 2. The van der Waals surface area contributed by atoms with E-state index >= 15 is 0 Å². The average molecular weight is 367 g/mol. The lowest BCUT2D eigenvalue weighted by atomic mass is 10.2. The Hall–Kier alpha value is -2.30. The SMILES string of the molecule is Cc1ccnc(Cl)c1NC(=O)c1cccnc1NC1C(O)(O)C1(O)O. The second-order valence-corrected chi connectivity index (χ2v) is 6.04. The van der Waals surface area contributed by atoms with Gasteiger partial charge in [0.25, 0.3) is 5.91 Å². The molecule has 10 heteroatoms. The van der Waals surface area contributed by atoms with Crippen LogP contribution in [0, 0.1) is 6.92 Å². The van der Waals surface area contributed by atoms with Crippen molar-refractivity contribution >= 4 is 29.0 Å². The molecule has 2 aromatic rings. The van der Waals surface area contributed by atoms with E-state index in [1.807, 2.05) is 0 Å². The maximum absolute atomic E-state index is 12.5. The lowest BCUT2D eigenvalue weighted by Gasteiger charge is -2.13. The van der Waals surface area contributed by atoms with Crippen LogP contribution < -0.4 is 10.6 Å². The van der Waals surface area contributed by atoms with Crippen molar-refractivity contribution in [2.75, 3.05) is 10.6 Å². The van der Waals surface area contributed by atoms with Gasteiger partial charge in [-0.15, -0.1) is 0 Å². The Bertz CT molecular complexity index is 808. The molecule has 0 aliphatic heterocycles. The molecule has 9 nitrogen and oxygen atoms in total. The van der Waals surface area contributed by atoms with Gasteiger partial charge in [-0.3, -0.25) is 4.79 Å². The van der Waals surface area contributed by atoms with E-state index in [4.69, 9.17) is 11.6 Å². The van der Waals surface area contributed by atoms with E-state index < -0.39 is 23.5 Å². The molecule has 0 radical (unpaired) electrons. The van der Waals surface area contributed by atoms with Gasteiger partial charge in [0.05, 0.1) is 11.3 Å². The van der Waals surface area contributed by atoms with Gasteiger partial charge >= 0.3 is 0 Å². The number of hydrogen-bond acceptors (Lipinski definition) is 8. The number of nitrogens with one attached hydrogen (secondary N) is 2. The van der Waals surface area contributed by atoms with Gasteiger partial charge in [0, 0.05) is 12.4 Å². The van der Waals surface area contributed by atoms with E-state index in [-0.39, 0.29) is 16.5 Å². The predicted octanol–water partition coefficient (Wildman–Crippen LogP) is -0.153. The van der Waals surface area contributed by atoms with Crippen LogP contribution in [0.2, 0.25) is 5.15 Å². The second-order valence-electron chi connectivity index (χ2n) is 5.68. The van der Waals surface area contributed by atoms with Crippen LogP contribution in [0.1, 0.15) is 15.9 Å². The smallest absolute Gasteiger partial charge is 0.259 e. The van der Waals surface area contributed by atoms with Gasteiger partial charge < -0.3 is 31.1 Å². The second kappa shape index (κ2) is 5.90. The predicted molar refractivity (Wildman–Crippen MR) is 87.9 cm³/mol. The van der Waals surface area contributed by atoms with Crippen molar-refractivity contribution in [2.24, 2.45) is 0 Å². The molecule has 2 aromatic heterocycles. The number of anilines is 2. The zero-order valence-corrected chi connectivity index (χ0v) is 13.7. The third kappa shape index (κ3) is 2.92. The van der Waals surface area contributed by atoms with E-state index in [2.05, 4.69) is 20.6 Å². The summed E-state index contributed by atoms with van der Waals surface area (Å²) < 4.78 is 0. The molecule has 132 valence electrons. The number of carbonyl (C=O) groups is 1. The zero-order valence-electron chi connectivity index (χ0n) is 12.9. The molecule has 0 aromatic carbocycles. The maximum atomic E-state index is 12.5. The lowest BCUT2D eigenvalue weighted by molar-refractivity contribution is -0.207. The van der Waals surface area contributed by atoms with Crippen molar-refractivity contribution in [3.63, 3.8) is 0 Å². The van der Waals surface area contributed by atoms with Gasteiger partial charge in [0.2, 0.25) is 11.6 Å². The highest BCUT2D eigenvalue weighted by atomic mass is 35.5. The highest BCUT2D eigenvalue weighted by Crippen LogP contribution is 2.45. The number of halogens is 1. The van der Waals surface area contributed by atoms with E-state index in [0.717, 1.165) is 0 Å². The number of rotatable bonds is 4. The first-order valence-electron chi connectivity index (χ1n) is 7.19. The quantitative estimate of drug-likeness (QED) is 0.323. The number of hydrogen-bond donors (Lipinski definition) is 6. The molecular weight excluding hydrogens is 352 g/mol. The fourth-order valence-corrected chi connectivity index (χ4v) is 2.57. The molecule has 0 atom stereocenters. The van der Waals surface area contributed by atoms with Gasteiger partial charge in [-0.1, -0.05) is 11.6 Å². The molecule has 0 bridgehead atoms. The summed E-state index contributed by atoms with van der Waals surface area (Å²) in [6.45, 7) is 1.74. The van der Waals surface area contributed by atoms with Crippen molar-refractivity contribution in [3.8, 4) is 0 Å². The summed E-state index contributed by atoms with van der Waals surface area (Å²) in [4.78, 5) is 20.4. The molecule has 3 rings (SSSR count).